The fraction of sp³-hybridized carbons (Fsp3) is 1.00. The molecule has 0 aromatic carbocycles. The Kier molecular flexibility index (Phi) is 3.33. The smallest absolute Gasteiger partial charge is 0.0350 e. The highest BCUT2D eigenvalue weighted by Crippen LogP contribution is 2.30. The Labute approximate surface area is 101 Å². The molecule has 2 aliphatic rings. The second-order valence-electron chi connectivity index (χ2n) is 7.37. The van der Waals surface area contributed by atoms with E-state index < -0.39 is 0 Å². The average Bonchev–Trinajstić information content (AvgIpc) is 1.93. The Morgan fingerprint density at radius 3 is 2.06 bits per heavy atom. The topological polar surface area (TPSA) is 6.48 Å². The Hall–Kier alpha value is -0.0800. The molecule has 2 saturated heterocycles. The fourth-order valence-corrected chi connectivity index (χ4v) is 2.84. The van der Waals surface area contributed by atoms with Crippen molar-refractivity contribution in [2.45, 2.75) is 40.7 Å². The Bertz CT molecular complexity index is 230. The summed E-state index contributed by atoms with van der Waals surface area (Å²) in [6, 6.07) is 0.873. The normalized spacial score (nSPS) is 25.9. The van der Waals surface area contributed by atoms with Gasteiger partial charge in [-0.25, -0.2) is 0 Å². The molecule has 0 atom stereocenters. The number of hydrogen-bond acceptors (Lipinski definition) is 2. The van der Waals surface area contributed by atoms with Crippen molar-refractivity contribution in [2.24, 2.45) is 17.3 Å². The van der Waals surface area contributed by atoms with Crippen molar-refractivity contribution in [3.8, 4) is 0 Å². The largest absolute Gasteiger partial charge is 0.300 e. The first-order chi connectivity index (χ1) is 7.35. The number of rotatable bonds is 3. The SMILES string of the molecule is CC(C)C1CN(C2CN(CC(C)(C)C)C2)C1. The summed E-state index contributed by atoms with van der Waals surface area (Å²) in [6.07, 6.45) is 0. The van der Waals surface area contributed by atoms with Crippen LogP contribution in [-0.2, 0) is 0 Å². The molecule has 0 aliphatic carbocycles. The van der Waals surface area contributed by atoms with Gasteiger partial charge in [0.2, 0.25) is 0 Å². The summed E-state index contributed by atoms with van der Waals surface area (Å²) < 4.78 is 0. The van der Waals surface area contributed by atoms with Gasteiger partial charge in [0, 0.05) is 38.8 Å². The first kappa shape index (κ1) is 12.4. The minimum atomic E-state index is 0.459. The molecule has 2 rings (SSSR count). The van der Waals surface area contributed by atoms with Crippen LogP contribution in [0.5, 0.6) is 0 Å². The van der Waals surface area contributed by atoms with Crippen molar-refractivity contribution in [3.63, 3.8) is 0 Å². The van der Waals surface area contributed by atoms with Gasteiger partial charge in [0.25, 0.3) is 0 Å². The van der Waals surface area contributed by atoms with Gasteiger partial charge in [-0.05, 0) is 17.3 Å². The molecule has 16 heavy (non-hydrogen) atoms. The van der Waals surface area contributed by atoms with Crippen LogP contribution in [0.3, 0.4) is 0 Å². The average molecular weight is 224 g/mol. The standard InChI is InChI=1S/C14H28N2/c1-11(2)12-6-16(7-12)13-8-15(9-13)10-14(3,4)5/h11-13H,6-10H2,1-5H3. The van der Waals surface area contributed by atoms with Crippen molar-refractivity contribution >= 4 is 0 Å². The molecule has 0 amide bonds. The minimum absolute atomic E-state index is 0.459. The zero-order chi connectivity index (χ0) is 11.9. The molecular weight excluding hydrogens is 196 g/mol. The van der Waals surface area contributed by atoms with Crippen molar-refractivity contribution in [3.05, 3.63) is 0 Å². The molecular formula is C14H28N2. The van der Waals surface area contributed by atoms with E-state index >= 15 is 0 Å². The van der Waals surface area contributed by atoms with Crippen LogP contribution in [-0.4, -0.2) is 48.6 Å². The molecule has 0 saturated carbocycles. The highest BCUT2D eigenvalue weighted by molar-refractivity contribution is 4.95. The quantitative estimate of drug-likeness (QED) is 0.726. The third-order valence-electron chi connectivity index (χ3n) is 4.03. The molecule has 0 bridgehead atoms. The lowest BCUT2D eigenvalue weighted by molar-refractivity contribution is -0.0511. The zero-order valence-electron chi connectivity index (χ0n) is 11.7. The molecule has 2 heteroatoms. The maximum atomic E-state index is 2.68. The summed E-state index contributed by atoms with van der Waals surface area (Å²) in [5.41, 5.74) is 0.459. The molecule has 0 aromatic heterocycles. The first-order valence-corrected chi connectivity index (χ1v) is 6.81. The molecule has 2 nitrogen and oxygen atoms in total. The van der Waals surface area contributed by atoms with E-state index in [9.17, 15) is 0 Å². The fourth-order valence-electron chi connectivity index (χ4n) is 2.84. The Morgan fingerprint density at radius 1 is 1.06 bits per heavy atom. The summed E-state index contributed by atoms with van der Waals surface area (Å²) in [7, 11) is 0. The number of hydrogen-bond donors (Lipinski definition) is 0. The molecule has 2 aliphatic heterocycles. The van der Waals surface area contributed by atoms with Crippen LogP contribution < -0.4 is 0 Å². The summed E-state index contributed by atoms with van der Waals surface area (Å²) in [4.78, 5) is 5.29. The van der Waals surface area contributed by atoms with Crippen LogP contribution in [0, 0.1) is 17.3 Å². The van der Waals surface area contributed by atoms with Gasteiger partial charge in [-0.3, -0.25) is 9.80 Å². The lowest BCUT2D eigenvalue weighted by atomic mass is 9.85. The molecule has 0 aromatic rings. The van der Waals surface area contributed by atoms with E-state index in [-0.39, 0.29) is 0 Å². The van der Waals surface area contributed by atoms with Crippen LogP contribution in [0.15, 0.2) is 0 Å². The van der Waals surface area contributed by atoms with Crippen LogP contribution in [0.2, 0.25) is 0 Å². The Balaban J connectivity index is 1.63. The molecule has 0 N–H and O–H groups in total. The molecule has 94 valence electrons. The van der Waals surface area contributed by atoms with E-state index in [0.29, 0.717) is 5.41 Å². The molecule has 2 fully saturated rings. The second kappa shape index (κ2) is 4.30. The van der Waals surface area contributed by atoms with E-state index in [0.717, 1.165) is 17.9 Å². The minimum Gasteiger partial charge on any atom is -0.300 e. The zero-order valence-corrected chi connectivity index (χ0v) is 11.7. The molecule has 0 unspecified atom stereocenters. The van der Waals surface area contributed by atoms with Gasteiger partial charge in [-0.1, -0.05) is 34.6 Å². The van der Waals surface area contributed by atoms with Gasteiger partial charge < -0.3 is 0 Å². The van der Waals surface area contributed by atoms with Gasteiger partial charge in [-0.15, -0.1) is 0 Å². The van der Waals surface area contributed by atoms with Gasteiger partial charge in [-0.2, -0.15) is 0 Å². The van der Waals surface area contributed by atoms with Crippen molar-refractivity contribution in [2.75, 3.05) is 32.7 Å². The van der Waals surface area contributed by atoms with Crippen LogP contribution in [0.4, 0.5) is 0 Å². The first-order valence-electron chi connectivity index (χ1n) is 6.81. The van der Waals surface area contributed by atoms with Crippen molar-refractivity contribution in [1.82, 2.24) is 9.80 Å². The molecule has 0 radical (unpaired) electrons. The van der Waals surface area contributed by atoms with Gasteiger partial charge in [0.05, 0.1) is 0 Å². The monoisotopic (exact) mass is 224 g/mol. The highest BCUT2D eigenvalue weighted by atomic mass is 15.3. The molecule has 0 spiro atoms. The van der Waals surface area contributed by atoms with E-state index in [4.69, 9.17) is 0 Å². The van der Waals surface area contributed by atoms with E-state index in [2.05, 4.69) is 44.4 Å². The maximum absolute atomic E-state index is 2.68. The summed E-state index contributed by atoms with van der Waals surface area (Å²) in [5, 5.41) is 0. The van der Waals surface area contributed by atoms with E-state index in [1.54, 1.807) is 0 Å². The Morgan fingerprint density at radius 2 is 1.62 bits per heavy atom. The van der Waals surface area contributed by atoms with E-state index in [1.165, 1.54) is 32.7 Å². The van der Waals surface area contributed by atoms with Crippen LogP contribution in [0.25, 0.3) is 0 Å². The van der Waals surface area contributed by atoms with Crippen molar-refractivity contribution in [1.29, 1.82) is 0 Å². The number of likely N-dealkylation sites (tertiary alicyclic amines) is 2. The van der Waals surface area contributed by atoms with Crippen LogP contribution >= 0.6 is 0 Å². The second-order valence-corrected chi connectivity index (χ2v) is 7.37. The van der Waals surface area contributed by atoms with Crippen molar-refractivity contribution < 1.29 is 0 Å². The van der Waals surface area contributed by atoms with E-state index in [1.807, 2.05) is 0 Å². The lowest BCUT2D eigenvalue weighted by Gasteiger charge is -2.54. The highest BCUT2D eigenvalue weighted by Gasteiger charge is 2.40. The summed E-state index contributed by atoms with van der Waals surface area (Å²) in [5.74, 6) is 1.85. The van der Waals surface area contributed by atoms with Gasteiger partial charge >= 0.3 is 0 Å². The summed E-state index contributed by atoms with van der Waals surface area (Å²) >= 11 is 0. The molecule has 2 heterocycles. The predicted molar refractivity (Wildman–Crippen MR) is 69.6 cm³/mol. The summed E-state index contributed by atoms with van der Waals surface area (Å²) in [6.45, 7) is 18.3. The maximum Gasteiger partial charge on any atom is 0.0350 e. The van der Waals surface area contributed by atoms with Crippen LogP contribution in [0.1, 0.15) is 34.6 Å². The predicted octanol–water partition coefficient (Wildman–Crippen LogP) is 2.30. The van der Waals surface area contributed by atoms with Gasteiger partial charge in [0.15, 0.2) is 0 Å². The third kappa shape index (κ3) is 2.78. The number of nitrogens with zero attached hydrogens (tertiary/aromatic N) is 2. The third-order valence-corrected chi connectivity index (χ3v) is 4.03. The lowest BCUT2D eigenvalue weighted by Crippen LogP contribution is -2.66. The van der Waals surface area contributed by atoms with Gasteiger partial charge in [0.1, 0.15) is 0 Å².